The minimum atomic E-state index is -0.159. The second-order valence-electron chi connectivity index (χ2n) is 5.05. The predicted octanol–water partition coefficient (Wildman–Crippen LogP) is 1.57. The normalized spacial score (nSPS) is 13.7. The Labute approximate surface area is 122 Å². The van der Waals surface area contributed by atoms with Crippen molar-refractivity contribution < 1.29 is 9.59 Å². The Hall–Kier alpha value is -2.63. The number of aromatic amines is 1. The number of nitrogens with one attached hydrogen (secondary N) is 2. The number of carbonyl (C=O) groups is 2. The molecular formula is C15H16N4O2. The third-order valence-corrected chi connectivity index (χ3v) is 3.53. The van der Waals surface area contributed by atoms with E-state index in [2.05, 4.69) is 15.5 Å². The van der Waals surface area contributed by atoms with Crippen molar-refractivity contribution in [3.8, 4) is 0 Å². The van der Waals surface area contributed by atoms with E-state index in [1.807, 2.05) is 30.3 Å². The van der Waals surface area contributed by atoms with E-state index in [1.54, 1.807) is 4.90 Å². The monoisotopic (exact) mass is 284 g/mol. The van der Waals surface area contributed by atoms with Gasteiger partial charge in [-0.1, -0.05) is 18.2 Å². The lowest BCUT2D eigenvalue weighted by atomic mass is 10.1. The Morgan fingerprint density at radius 3 is 2.76 bits per heavy atom. The Bertz CT molecular complexity index is 678. The number of aromatic nitrogens is 2. The average Bonchev–Trinajstić information content (AvgIpc) is 2.89. The molecule has 6 nitrogen and oxygen atoms in total. The van der Waals surface area contributed by atoms with E-state index in [-0.39, 0.29) is 11.8 Å². The lowest BCUT2D eigenvalue weighted by Crippen LogP contribution is -2.36. The van der Waals surface area contributed by atoms with Crippen LogP contribution in [0.1, 0.15) is 28.5 Å². The van der Waals surface area contributed by atoms with Gasteiger partial charge in [0.15, 0.2) is 0 Å². The minimum absolute atomic E-state index is 0.00350. The van der Waals surface area contributed by atoms with Crippen LogP contribution in [0.3, 0.4) is 0 Å². The summed E-state index contributed by atoms with van der Waals surface area (Å²) in [5.41, 5.74) is 2.47. The van der Waals surface area contributed by atoms with E-state index in [1.165, 1.54) is 6.92 Å². The Morgan fingerprint density at radius 2 is 2.05 bits per heavy atom. The summed E-state index contributed by atoms with van der Waals surface area (Å²) in [5.74, 6) is 0.423. The van der Waals surface area contributed by atoms with Gasteiger partial charge in [0.25, 0.3) is 5.91 Å². The zero-order valence-corrected chi connectivity index (χ0v) is 11.7. The molecule has 0 saturated heterocycles. The van der Waals surface area contributed by atoms with Crippen molar-refractivity contribution in [3.05, 3.63) is 47.2 Å². The molecular weight excluding hydrogens is 268 g/mol. The van der Waals surface area contributed by atoms with Gasteiger partial charge in [-0.3, -0.25) is 14.7 Å². The van der Waals surface area contributed by atoms with Crippen LogP contribution in [0.2, 0.25) is 0 Å². The van der Waals surface area contributed by atoms with E-state index >= 15 is 0 Å². The molecule has 2 aromatic rings. The standard InChI is InChI=1S/C15H16N4O2/c1-10(20)16-14-12-9-19(8-7-13(12)17-18-14)15(21)11-5-3-2-4-6-11/h2-6H,7-9H2,1H3,(H2,16,17,18,20). The minimum Gasteiger partial charge on any atom is -0.334 e. The lowest BCUT2D eigenvalue weighted by Gasteiger charge is -2.27. The Morgan fingerprint density at radius 1 is 1.29 bits per heavy atom. The number of fused-ring (bicyclic) bond motifs is 1. The first-order valence-corrected chi connectivity index (χ1v) is 6.83. The molecule has 108 valence electrons. The molecule has 21 heavy (non-hydrogen) atoms. The fourth-order valence-electron chi connectivity index (χ4n) is 2.51. The molecule has 0 atom stereocenters. The quantitative estimate of drug-likeness (QED) is 0.878. The van der Waals surface area contributed by atoms with Crippen molar-refractivity contribution in [1.82, 2.24) is 15.1 Å². The highest BCUT2D eigenvalue weighted by Gasteiger charge is 2.26. The molecule has 1 aromatic carbocycles. The zero-order valence-electron chi connectivity index (χ0n) is 11.7. The topological polar surface area (TPSA) is 78.1 Å². The molecule has 0 unspecified atom stereocenters. The first kappa shape index (κ1) is 13.4. The summed E-state index contributed by atoms with van der Waals surface area (Å²) < 4.78 is 0. The summed E-state index contributed by atoms with van der Waals surface area (Å²) in [4.78, 5) is 25.4. The van der Waals surface area contributed by atoms with Crippen LogP contribution in [-0.4, -0.2) is 33.5 Å². The maximum atomic E-state index is 12.5. The molecule has 3 rings (SSSR count). The summed E-state index contributed by atoms with van der Waals surface area (Å²) in [6.07, 6.45) is 0.685. The zero-order chi connectivity index (χ0) is 14.8. The molecule has 0 spiro atoms. The second-order valence-corrected chi connectivity index (χ2v) is 5.05. The third kappa shape index (κ3) is 2.65. The van der Waals surface area contributed by atoms with Gasteiger partial charge in [-0.05, 0) is 12.1 Å². The molecule has 0 aliphatic carbocycles. The highest BCUT2D eigenvalue weighted by molar-refractivity contribution is 5.94. The van der Waals surface area contributed by atoms with Gasteiger partial charge in [0, 0.05) is 31.0 Å². The molecule has 1 aromatic heterocycles. The van der Waals surface area contributed by atoms with Crippen molar-refractivity contribution in [2.75, 3.05) is 11.9 Å². The van der Waals surface area contributed by atoms with E-state index in [4.69, 9.17) is 0 Å². The van der Waals surface area contributed by atoms with Gasteiger partial charge in [0.2, 0.25) is 5.91 Å². The van der Waals surface area contributed by atoms with E-state index < -0.39 is 0 Å². The number of amides is 2. The number of rotatable bonds is 2. The molecule has 2 amide bonds. The molecule has 6 heteroatoms. The summed E-state index contributed by atoms with van der Waals surface area (Å²) in [6, 6.07) is 9.20. The molecule has 0 bridgehead atoms. The SMILES string of the molecule is CC(=O)Nc1[nH]nc2c1CN(C(=O)c1ccccc1)CC2. The summed E-state index contributed by atoms with van der Waals surface area (Å²) in [5, 5.41) is 9.74. The van der Waals surface area contributed by atoms with E-state index in [0.29, 0.717) is 30.9 Å². The second kappa shape index (κ2) is 5.40. The van der Waals surface area contributed by atoms with Gasteiger partial charge in [-0.25, -0.2) is 0 Å². The number of hydrogen-bond acceptors (Lipinski definition) is 3. The maximum Gasteiger partial charge on any atom is 0.254 e. The first-order chi connectivity index (χ1) is 10.1. The van der Waals surface area contributed by atoms with Crippen LogP contribution in [0.4, 0.5) is 5.82 Å². The number of benzene rings is 1. The Balaban J connectivity index is 1.82. The van der Waals surface area contributed by atoms with Crippen LogP contribution in [-0.2, 0) is 17.8 Å². The number of hydrogen-bond donors (Lipinski definition) is 2. The van der Waals surface area contributed by atoms with E-state index in [0.717, 1.165) is 11.3 Å². The average molecular weight is 284 g/mol. The van der Waals surface area contributed by atoms with Gasteiger partial charge >= 0.3 is 0 Å². The van der Waals surface area contributed by atoms with E-state index in [9.17, 15) is 9.59 Å². The number of nitrogens with zero attached hydrogens (tertiary/aromatic N) is 2. The summed E-state index contributed by atoms with van der Waals surface area (Å²) >= 11 is 0. The smallest absolute Gasteiger partial charge is 0.254 e. The largest absolute Gasteiger partial charge is 0.334 e. The summed E-state index contributed by atoms with van der Waals surface area (Å²) in [6.45, 7) is 2.53. The van der Waals surface area contributed by atoms with Gasteiger partial charge < -0.3 is 10.2 Å². The van der Waals surface area contributed by atoms with Gasteiger partial charge in [0.05, 0.1) is 12.2 Å². The highest BCUT2D eigenvalue weighted by atomic mass is 16.2. The number of anilines is 1. The van der Waals surface area contributed by atoms with Crippen LogP contribution < -0.4 is 5.32 Å². The van der Waals surface area contributed by atoms with Gasteiger partial charge in [0.1, 0.15) is 5.82 Å². The fraction of sp³-hybridized carbons (Fsp3) is 0.267. The molecule has 0 radical (unpaired) electrons. The van der Waals surface area contributed by atoms with Crippen molar-refractivity contribution >= 4 is 17.6 Å². The molecule has 0 saturated carbocycles. The van der Waals surface area contributed by atoms with Crippen LogP contribution in [0.25, 0.3) is 0 Å². The van der Waals surface area contributed by atoms with Crippen molar-refractivity contribution in [2.24, 2.45) is 0 Å². The number of carbonyl (C=O) groups excluding carboxylic acids is 2. The summed E-state index contributed by atoms with van der Waals surface area (Å²) in [7, 11) is 0. The van der Waals surface area contributed by atoms with Crippen molar-refractivity contribution in [3.63, 3.8) is 0 Å². The Kier molecular flexibility index (Phi) is 3.43. The fourth-order valence-corrected chi connectivity index (χ4v) is 2.51. The van der Waals surface area contributed by atoms with Crippen LogP contribution >= 0.6 is 0 Å². The highest BCUT2D eigenvalue weighted by Crippen LogP contribution is 2.24. The van der Waals surface area contributed by atoms with Crippen molar-refractivity contribution in [1.29, 1.82) is 0 Å². The first-order valence-electron chi connectivity index (χ1n) is 6.83. The van der Waals surface area contributed by atoms with Crippen LogP contribution in [0.15, 0.2) is 30.3 Å². The van der Waals surface area contributed by atoms with Crippen molar-refractivity contribution in [2.45, 2.75) is 19.9 Å². The molecule has 2 N–H and O–H groups in total. The number of H-pyrrole nitrogens is 1. The van der Waals surface area contributed by atoms with Crippen LogP contribution in [0.5, 0.6) is 0 Å². The predicted molar refractivity (Wildman–Crippen MR) is 77.8 cm³/mol. The van der Waals surface area contributed by atoms with Gasteiger partial charge in [-0.15, -0.1) is 0 Å². The molecule has 1 aliphatic rings. The van der Waals surface area contributed by atoms with Gasteiger partial charge in [-0.2, -0.15) is 5.10 Å². The lowest BCUT2D eigenvalue weighted by molar-refractivity contribution is -0.114. The maximum absolute atomic E-state index is 12.5. The van der Waals surface area contributed by atoms with Crippen LogP contribution in [0, 0.1) is 0 Å². The molecule has 2 heterocycles. The molecule has 1 aliphatic heterocycles. The third-order valence-electron chi connectivity index (χ3n) is 3.53. The molecule has 0 fully saturated rings.